The third-order valence-corrected chi connectivity index (χ3v) is 5.41. The van der Waals surface area contributed by atoms with Crippen molar-refractivity contribution in [1.82, 2.24) is 5.32 Å². The first-order valence-electron chi connectivity index (χ1n) is 9.96. The minimum Gasteiger partial charge on any atom is -0.353 e. The predicted molar refractivity (Wildman–Crippen MR) is 108 cm³/mol. The molecule has 1 fully saturated rings. The Kier molecular flexibility index (Phi) is 6.57. The molecule has 1 aliphatic carbocycles. The fraction of sp³-hybridized carbons (Fsp3) is 0.524. The molecule has 1 aromatic rings. The van der Waals surface area contributed by atoms with E-state index in [0.29, 0.717) is 43.0 Å². The van der Waals surface area contributed by atoms with Gasteiger partial charge in [-0.2, -0.15) is 5.10 Å². The van der Waals surface area contributed by atoms with Gasteiger partial charge in [-0.1, -0.05) is 0 Å². The van der Waals surface area contributed by atoms with E-state index in [4.69, 9.17) is 5.73 Å². The predicted octanol–water partition coefficient (Wildman–Crippen LogP) is 2.40. The highest BCUT2D eigenvalue weighted by atomic mass is 16.2. The van der Waals surface area contributed by atoms with Crippen LogP contribution in [0.3, 0.4) is 0 Å². The smallest absolute Gasteiger partial charge is 0.253 e. The molecule has 1 saturated carbocycles. The van der Waals surface area contributed by atoms with Crippen molar-refractivity contribution in [1.29, 1.82) is 0 Å². The molecule has 1 aliphatic heterocycles. The lowest BCUT2D eigenvalue weighted by Gasteiger charge is -2.28. The molecular formula is C21H28N4O3. The van der Waals surface area contributed by atoms with E-state index in [9.17, 15) is 14.4 Å². The fourth-order valence-corrected chi connectivity index (χ4v) is 3.87. The van der Waals surface area contributed by atoms with E-state index in [1.807, 2.05) is 6.92 Å². The van der Waals surface area contributed by atoms with Gasteiger partial charge >= 0.3 is 0 Å². The molecule has 0 aromatic heterocycles. The van der Waals surface area contributed by atoms with E-state index in [0.717, 1.165) is 31.4 Å². The van der Waals surface area contributed by atoms with Crippen molar-refractivity contribution in [3.05, 3.63) is 29.8 Å². The molecule has 28 heavy (non-hydrogen) atoms. The number of hydrogen-bond donors (Lipinski definition) is 2. The van der Waals surface area contributed by atoms with Crippen LogP contribution < -0.4 is 16.1 Å². The van der Waals surface area contributed by atoms with E-state index in [1.54, 1.807) is 24.3 Å². The quantitative estimate of drug-likeness (QED) is 0.704. The van der Waals surface area contributed by atoms with Crippen molar-refractivity contribution >= 4 is 29.0 Å². The second-order valence-electron chi connectivity index (χ2n) is 7.72. The average molecular weight is 384 g/mol. The van der Waals surface area contributed by atoms with Crippen molar-refractivity contribution in [2.45, 2.75) is 57.9 Å². The van der Waals surface area contributed by atoms with Crippen LogP contribution in [0.2, 0.25) is 0 Å². The number of rotatable bonds is 7. The summed E-state index contributed by atoms with van der Waals surface area (Å²) in [6, 6.07) is 7.29. The number of nitrogens with one attached hydrogen (secondary N) is 1. The van der Waals surface area contributed by atoms with Crippen molar-refractivity contribution < 1.29 is 14.4 Å². The van der Waals surface area contributed by atoms with Gasteiger partial charge in [-0.15, -0.1) is 0 Å². The van der Waals surface area contributed by atoms with E-state index in [-0.39, 0.29) is 23.6 Å². The molecule has 1 aromatic carbocycles. The Balaban J connectivity index is 1.49. The minimum atomic E-state index is -0.0492. The van der Waals surface area contributed by atoms with Crippen molar-refractivity contribution in [3.63, 3.8) is 0 Å². The van der Waals surface area contributed by atoms with Crippen LogP contribution in [0.25, 0.3) is 0 Å². The van der Waals surface area contributed by atoms with E-state index in [2.05, 4.69) is 10.4 Å². The number of hydrazone groups is 1. The Morgan fingerprint density at radius 1 is 1.18 bits per heavy atom. The molecule has 7 heteroatoms. The number of carbonyl (C=O) groups is 3. The Morgan fingerprint density at radius 3 is 2.43 bits per heavy atom. The number of nitrogens with zero attached hydrogens (tertiary/aromatic N) is 2. The first-order chi connectivity index (χ1) is 13.5. The Morgan fingerprint density at radius 2 is 1.86 bits per heavy atom. The van der Waals surface area contributed by atoms with E-state index in [1.165, 1.54) is 5.01 Å². The second-order valence-corrected chi connectivity index (χ2v) is 7.72. The third kappa shape index (κ3) is 5.04. The first kappa shape index (κ1) is 20.2. The van der Waals surface area contributed by atoms with Crippen LogP contribution in [-0.4, -0.2) is 35.9 Å². The summed E-state index contributed by atoms with van der Waals surface area (Å²) in [7, 11) is 0. The van der Waals surface area contributed by atoms with E-state index < -0.39 is 0 Å². The van der Waals surface area contributed by atoms with Crippen molar-refractivity contribution in [3.8, 4) is 0 Å². The largest absolute Gasteiger partial charge is 0.353 e. The molecule has 0 atom stereocenters. The number of nitrogens with two attached hydrogens (primary N) is 1. The van der Waals surface area contributed by atoms with Crippen LogP contribution in [0.1, 0.15) is 62.2 Å². The maximum Gasteiger partial charge on any atom is 0.253 e. The highest BCUT2D eigenvalue weighted by molar-refractivity contribution is 6.12. The number of ketones is 1. The third-order valence-electron chi connectivity index (χ3n) is 5.41. The lowest BCUT2D eigenvalue weighted by molar-refractivity contribution is -0.122. The number of carbonyl (C=O) groups excluding carboxylic acids is 3. The van der Waals surface area contributed by atoms with Crippen LogP contribution >= 0.6 is 0 Å². The number of benzene rings is 1. The van der Waals surface area contributed by atoms with Crippen LogP contribution in [0, 0.1) is 5.92 Å². The Labute approximate surface area is 165 Å². The fourth-order valence-electron chi connectivity index (χ4n) is 3.87. The van der Waals surface area contributed by atoms with Gasteiger partial charge in [-0.25, -0.2) is 5.01 Å². The topological polar surface area (TPSA) is 105 Å². The first-order valence-corrected chi connectivity index (χ1v) is 9.96. The molecule has 3 N–H and O–H groups in total. The summed E-state index contributed by atoms with van der Waals surface area (Å²) in [4.78, 5) is 36.2. The van der Waals surface area contributed by atoms with Gasteiger partial charge in [-0.3, -0.25) is 14.4 Å². The molecule has 3 rings (SSSR count). The normalized spacial score (nSPS) is 22.1. The highest BCUT2D eigenvalue weighted by Crippen LogP contribution is 2.29. The standard InChI is InChI=1S/C21H28N4O3/c1-14-12-21(28)25(24-14)18-8-4-16(5-9-18)19(26)13-15-2-6-17(7-3-15)23-20(27)10-11-22/h4-5,8-9,15,17H,2-3,6-7,10-13,22H2,1H3,(H,23,27). The zero-order valence-corrected chi connectivity index (χ0v) is 16.3. The highest BCUT2D eigenvalue weighted by Gasteiger charge is 2.25. The van der Waals surface area contributed by atoms with Gasteiger partial charge in [0.15, 0.2) is 5.78 Å². The van der Waals surface area contributed by atoms with Crippen molar-refractivity contribution in [2.75, 3.05) is 11.6 Å². The van der Waals surface area contributed by atoms with Gasteiger partial charge in [0, 0.05) is 36.7 Å². The van der Waals surface area contributed by atoms with Gasteiger partial charge in [0.25, 0.3) is 5.91 Å². The summed E-state index contributed by atoms with van der Waals surface area (Å²) in [5.41, 5.74) is 7.54. The maximum absolute atomic E-state index is 12.6. The number of hydrogen-bond acceptors (Lipinski definition) is 5. The van der Waals surface area contributed by atoms with Crippen LogP contribution in [0.15, 0.2) is 29.4 Å². The number of Topliss-reactive ketones (excluding diaryl/α,β-unsaturated/α-hetero) is 1. The van der Waals surface area contributed by atoms with Crippen LogP contribution in [-0.2, 0) is 9.59 Å². The molecule has 2 amide bonds. The lowest BCUT2D eigenvalue weighted by atomic mass is 9.82. The number of anilines is 1. The molecule has 150 valence electrons. The average Bonchev–Trinajstić information content (AvgIpc) is 3.02. The Bertz CT molecular complexity index is 764. The molecule has 0 spiro atoms. The van der Waals surface area contributed by atoms with Crippen LogP contribution in [0.4, 0.5) is 5.69 Å². The summed E-state index contributed by atoms with van der Waals surface area (Å²) in [6.07, 6.45) is 4.91. The molecule has 0 bridgehead atoms. The zero-order valence-electron chi connectivity index (χ0n) is 16.3. The molecule has 0 radical (unpaired) electrons. The Hall–Kier alpha value is -2.54. The van der Waals surface area contributed by atoms with E-state index >= 15 is 0 Å². The summed E-state index contributed by atoms with van der Waals surface area (Å²) in [6.45, 7) is 2.19. The van der Waals surface area contributed by atoms with Gasteiger partial charge in [0.2, 0.25) is 5.91 Å². The summed E-state index contributed by atoms with van der Waals surface area (Å²) >= 11 is 0. The summed E-state index contributed by atoms with van der Waals surface area (Å²) < 4.78 is 0. The molecule has 0 unspecified atom stereocenters. The molecule has 2 aliphatic rings. The molecule has 0 saturated heterocycles. The molecule has 1 heterocycles. The lowest BCUT2D eigenvalue weighted by Crippen LogP contribution is -2.38. The molecular weight excluding hydrogens is 356 g/mol. The van der Waals surface area contributed by atoms with Crippen molar-refractivity contribution in [2.24, 2.45) is 16.8 Å². The van der Waals surface area contributed by atoms with Gasteiger partial charge < -0.3 is 11.1 Å². The minimum absolute atomic E-state index is 0.0122. The SMILES string of the molecule is CC1=NN(c2ccc(C(=O)CC3CCC(NC(=O)CCN)CC3)cc2)C(=O)C1. The van der Waals surface area contributed by atoms with Gasteiger partial charge in [0.1, 0.15) is 0 Å². The summed E-state index contributed by atoms with van der Waals surface area (Å²) in [5.74, 6) is 0.432. The van der Waals surface area contributed by atoms with Gasteiger partial charge in [0.05, 0.1) is 12.1 Å². The second kappa shape index (κ2) is 9.10. The maximum atomic E-state index is 12.6. The molecule has 7 nitrogen and oxygen atoms in total. The van der Waals surface area contributed by atoms with Crippen LogP contribution in [0.5, 0.6) is 0 Å². The summed E-state index contributed by atoms with van der Waals surface area (Å²) in [5, 5.41) is 8.64. The zero-order chi connectivity index (χ0) is 20.1. The monoisotopic (exact) mass is 384 g/mol. The number of amides is 2. The van der Waals surface area contributed by atoms with Gasteiger partial charge in [-0.05, 0) is 62.8 Å².